The van der Waals surface area contributed by atoms with Gasteiger partial charge in [0.25, 0.3) is 0 Å². The van der Waals surface area contributed by atoms with Crippen LogP contribution in [0.25, 0.3) is 0 Å². The molecular formula is C18H29N. The van der Waals surface area contributed by atoms with E-state index >= 15 is 0 Å². The van der Waals surface area contributed by atoms with Gasteiger partial charge in [0.05, 0.1) is 0 Å². The molecule has 0 amide bonds. The van der Waals surface area contributed by atoms with Gasteiger partial charge in [-0.25, -0.2) is 0 Å². The maximum Gasteiger partial charge on any atom is 0.0138 e. The first-order valence-electron chi connectivity index (χ1n) is 7.76. The molecule has 1 nitrogen and oxygen atoms in total. The largest absolute Gasteiger partial charge is 0.316 e. The maximum absolute atomic E-state index is 3.60. The number of likely N-dealkylation sites (N-methyl/N-ethyl adjacent to an activating group) is 1. The van der Waals surface area contributed by atoms with Crippen LogP contribution in [0, 0.1) is 18.3 Å². The molecule has 0 spiro atoms. The van der Waals surface area contributed by atoms with Crippen LogP contribution in [0.15, 0.2) is 24.3 Å². The highest BCUT2D eigenvalue weighted by Crippen LogP contribution is 2.42. The lowest BCUT2D eigenvalue weighted by Gasteiger charge is -2.43. The summed E-state index contributed by atoms with van der Waals surface area (Å²) in [5.74, 6) is 0.797. The zero-order chi connectivity index (χ0) is 13.9. The molecule has 0 aromatic heterocycles. The summed E-state index contributed by atoms with van der Waals surface area (Å²) in [7, 11) is 2.13. The average Bonchev–Trinajstić information content (AvgIpc) is 2.38. The Hall–Kier alpha value is -0.820. The lowest BCUT2D eigenvalue weighted by Crippen LogP contribution is -2.44. The van der Waals surface area contributed by atoms with E-state index in [2.05, 4.69) is 57.4 Å². The van der Waals surface area contributed by atoms with Crippen LogP contribution in [0.1, 0.15) is 50.7 Å². The molecular weight excluding hydrogens is 230 g/mol. The third-order valence-corrected chi connectivity index (χ3v) is 5.15. The van der Waals surface area contributed by atoms with E-state index in [1.54, 1.807) is 0 Å². The van der Waals surface area contributed by atoms with E-state index in [4.69, 9.17) is 0 Å². The van der Waals surface area contributed by atoms with Crippen LogP contribution in [0.5, 0.6) is 0 Å². The minimum absolute atomic E-state index is 0.481. The minimum Gasteiger partial charge on any atom is -0.316 e. The second-order valence-electron chi connectivity index (χ2n) is 6.87. The molecule has 0 saturated heterocycles. The van der Waals surface area contributed by atoms with Crippen molar-refractivity contribution in [3.8, 4) is 0 Å². The van der Waals surface area contributed by atoms with Gasteiger partial charge < -0.3 is 5.32 Å². The van der Waals surface area contributed by atoms with Gasteiger partial charge in [0.15, 0.2) is 0 Å². The van der Waals surface area contributed by atoms with Crippen LogP contribution in [0.2, 0.25) is 0 Å². The highest BCUT2D eigenvalue weighted by atomic mass is 14.9. The van der Waals surface area contributed by atoms with E-state index in [1.807, 2.05) is 0 Å². The second-order valence-corrected chi connectivity index (χ2v) is 6.87. The van der Waals surface area contributed by atoms with Crippen molar-refractivity contribution in [3.63, 3.8) is 0 Å². The Kier molecular flexibility index (Phi) is 4.67. The Morgan fingerprint density at radius 2 is 2.00 bits per heavy atom. The molecule has 1 saturated carbocycles. The topological polar surface area (TPSA) is 12.0 Å². The fourth-order valence-electron chi connectivity index (χ4n) is 3.79. The molecule has 19 heavy (non-hydrogen) atoms. The van der Waals surface area contributed by atoms with Crippen molar-refractivity contribution < 1.29 is 0 Å². The number of rotatable bonds is 4. The summed E-state index contributed by atoms with van der Waals surface area (Å²) in [4.78, 5) is 0. The van der Waals surface area contributed by atoms with E-state index in [0.717, 1.165) is 12.3 Å². The van der Waals surface area contributed by atoms with E-state index in [9.17, 15) is 0 Å². The molecule has 2 rings (SSSR count). The molecule has 0 bridgehead atoms. The summed E-state index contributed by atoms with van der Waals surface area (Å²) in [5.41, 5.74) is 3.41. The summed E-state index contributed by atoms with van der Waals surface area (Å²) in [6, 6.07) is 9.43. The highest BCUT2D eigenvalue weighted by molar-refractivity contribution is 5.26. The predicted molar refractivity (Wildman–Crippen MR) is 83.5 cm³/mol. The van der Waals surface area contributed by atoms with Gasteiger partial charge in [-0.1, -0.05) is 51.0 Å². The monoisotopic (exact) mass is 259 g/mol. The fourth-order valence-corrected chi connectivity index (χ4v) is 3.79. The van der Waals surface area contributed by atoms with Crippen molar-refractivity contribution in [2.24, 2.45) is 11.3 Å². The van der Waals surface area contributed by atoms with Gasteiger partial charge in [0.2, 0.25) is 0 Å². The minimum atomic E-state index is 0.481. The quantitative estimate of drug-likeness (QED) is 0.848. The predicted octanol–water partition coefficient (Wildman–Crippen LogP) is 4.34. The van der Waals surface area contributed by atoms with E-state index in [0.29, 0.717) is 11.5 Å². The summed E-state index contributed by atoms with van der Waals surface area (Å²) in [6.45, 7) is 7.14. The standard InChI is InChI=1S/C18H29N/c1-14-9-5-6-10-15(14)13-17(19-4)16-11-7-8-12-18(16,2)3/h5-6,9-10,16-17,19H,7-8,11-13H2,1-4H3. The lowest BCUT2D eigenvalue weighted by molar-refractivity contribution is 0.101. The molecule has 2 atom stereocenters. The third kappa shape index (κ3) is 3.39. The van der Waals surface area contributed by atoms with Crippen LogP contribution in [-0.2, 0) is 6.42 Å². The molecule has 0 heterocycles. The summed E-state index contributed by atoms with van der Waals surface area (Å²) < 4.78 is 0. The average molecular weight is 259 g/mol. The van der Waals surface area contributed by atoms with Crippen molar-refractivity contribution in [3.05, 3.63) is 35.4 Å². The third-order valence-electron chi connectivity index (χ3n) is 5.15. The van der Waals surface area contributed by atoms with Crippen LogP contribution in [0.4, 0.5) is 0 Å². The summed E-state index contributed by atoms with van der Waals surface area (Å²) in [6.07, 6.45) is 6.73. The van der Waals surface area contributed by atoms with Crippen molar-refractivity contribution in [2.45, 2.75) is 58.9 Å². The molecule has 0 radical (unpaired) electrons. The first-order valence-corrected chi connectivity index (χ1v) is 7.76. The molecule has 1 fully saturated rings. The Morgan fingerprint density at radius 3 is 2.63 bits per heavy atom. The molecule has 1 aliphatic carbocycles. The van der Waals surface area contributed by atoms with Gasteiger partial charge in [-0.15, -0.1) is 0 Å². The van der Waals surface area contributed by atoms with Gasteiger partial charge in [0, 0.05) is 6.04 Å². The van der Waals surface area contributed by atoms with Gasteiger partial charge in [-0.2, -0.15) is 0 Å². The molecule has 1 N–H and O–H groups in total. The van der Waals surface area contributed by atoms with Crippen LogP contribution in [0.3, 0.4) is 0 Å². The molecule has 1 aliphatic rings. The molecule has 106 valence electrons. The number of nitrogens with one attached hydrogen (secondary N) is 1. The van der Waals surface area contributed by atoms with Crippen LogP contribution in [-0.4, -0.2) is 13.1 Å². The lowest BCUT2D eigenvalue weighted by atomic mass is 9.65. The molecule has 1 heteroatoms. The zero-order valence-corrected chi connectivity index (χ0v) is 13.0. The molecule has 1 aromatic carbocycles. The van der Waals surface area contributed by atoms with Gasteiger partial charge in [0.1, 0.15) is 0 Å². The van der Waals surface area contributed by atoms with Crippen molar-refractivity contribution in [1.82, 2.24) is 5.32 Å². The SMILES string of the molecule is CNC(Cc1ccccc1C)C1CCCCC1(C)C. The Balaban J connectivity index is 2.14. The zero-order valence-electron chi connectivity index (χ0n) is 13.0. The Morgan fingerprint density at radius 1 is 1.26 bits per heavy atom. The van der Waals surface area contributed by atoms with Gasteiger partial charge in [-0.05, 0) is 55.7 Å². The number of aryl methyl sites for hydroxylation is 1. The molecule has 2 unspecified atom stereocenters. The number of hydrogen-bond donors (Lipinski definition) is 1. The normalized spacial score (nSPS) is 24.1. The number of benzene rings is 1. The second kappa shape index (κ2) is 6.09. The van der Waals surface area contributed by atoms with Crippen LogP contribution >= 0.6 is 0 Å². The summed E-state index contributed by atoms with van der Waals surface area (Å²) in [5, 5.41) is 3.60. The fraction of sp³-hybridized carbons (Fsp3) is 0.667. The summed E-state index contributed by atoms with van der Waals surface area (Å²) >= 11 is 0. The molecule has 0 aliphatic heterocycles. The first-order chi connectivity index (χ1) is 9.04. The van der Waals surface area contributed by atoms with Crippen molar-refractivity contribution in [1.29, 1.82) is 0 Å². The first kappa shape index (κ1) is 14.6. The van der Waals surface area contributed by atoms with Gasteiger partial charge >= 0.3 is 0 Å². The van der Waals surface area contributed by atoms with E-state index in [1.165, 1.54) is 36.8 Å². The van der Waals surface area contributed by atoms with Crippen molar-refractivity contribution >= 4 is 0 Å². The van der Waals surface area contributed by atoms with Gasteiger partial charge in [-0.3, -0.25) is 0 Å². The Labute approximate surface area is 118 Å². The Bertz CT molecular complexity index is 408. The van der Waals surface area contributed by atoms with Crippen molar-refractivity contribution in [2.75, 3.05) is 7.05 Å². The highest BCUT2D eigenvalue weighted by Gasteiger charge is 2.36. The maximum atomic E-state index is 3.60. The number of hydrogen-bond acceptors (Lipinski definition) is 1. The van der Waals surface area contributed by atoms with Crippen LogP contribution < -0.4 is 5.32 Å². The van der Waals surface area contributed by atoms with E-state index < -0.39 is 0 Å². The molecule has 1 aromatic rings. The smallest absolute Gasteiger partial charge is 0.0138 e. The van der Waals surface area contributed by atoms with E-state index in [-0.39, 0.29) is 0 Å².